The lowest BCUT2D eigenvalue weighted by atomic mass is 10.1. The fourth-order valence-electron chi connectivity index (χ4n) is 3.82. The van der Waals surface area contributed by atoms with Crippen molar-refractivity contribution >= 4 is 17.7 Å². The van der Waals surface area contributed by atoms with Gasteiger partial charge in [-0.1, -0.05) is 52.8 Å². The molecule has 1 aliphatic heterocycles. The predicted octanol–water partition coefficient (Wildman–Crippen LogP) is 4.55. The zero-order valence-electron chi connectivity index (χ0n) is 18.9. The van der Waals surface area contributed by atoms with E-state index in [1.165, 1.54) is 5.56 Å². The molecular weight excluding hydrogens is 446 g/mol. The van der Waals surface area contributed by atoms with Crippen molar-refractivity contribution in [1.29, 1.82) is 0 Å². The van der Waals surface area contributed by atoms with Crippen LogP contribution in [0.4, 0.5) is 0 Å². The van der Waals surface area contributed by atoms with E-state index in [1.807, 2.05) is 78.6 Å². The number of piperazine rings is 1. The molecule has 2 aromatic heterocycles. The maximum absolute atomic E-state index is 13.0. The van der Waals surface area contributed by atoms with Gasteiger partial charge in [0.25, 0.3) is 5.91 Å². The lowest BCUT2D eigenvalue weighted by Gasteiger charge is -2.34. The van der Waals surface area contributed by atoms with Gasteiger partial charge >= 0.3 is 0 Å². The lowest BCUT2D eigenvalue weighted by Crippen LogP contribution is -2.48. The summed E-state index contributed by atoms with van der Waals surface area (Å²) in [6, 6.07) is 21.6. The monoisotopic (exact) mass is 471 g/mol. The van der Waals surface area contributed by atoms with Gasteiger partial charge in [0.2, 0.25) is 11.7 Å². The van der Waals surface area contributed by atoms with Gasteiger partial charge in [0, 0.05) is 48.4 Å². The molecule has 5 rings (SSSR count). The Kier molecular flexibility index (Phi) is 6.69. The number of hydrogen-bond donors (Lipinski definition) is 0. The van der Waals surface area contributed by atoms with Crippen molar-refractivity contribution in [3.63, 3.8) is 0 Å². The maximum Gasteiger partial charge on any atom is 0.253 e. The molecule has 1 aliphatic rings. The molecule has 0 unspecified atom stereocenters. The Bertz CT molecular complexity index is 1230. The van der Waals surface area contributed by atoms with Crippen LogP contribution in [0.1, 0.15) is 21.8 Å². The fraction of sp³-hybridized carbons (Fsp3) is 0.231. The van der Waals surface area contributed by atoms with Crippen LogP contribution >= 0.6 is 11.8 Å². The Morgan fingerprint density at radius 2 is 1.74 bits per heavy atom. The van der Waals surface area contributed by atoms with Gasteiger partial charge in [-0.2, -0.15) is 4.98 Å². The number of hydrogen-bond acceptors (Lipinski definition) is 7. The highest BCUT2D eigenvalue weighted by atomic mass is 32.2. The Labute approximate surface area is 202 Å². The number of carbonyl (C=O) groups excluding carboxylic acids is 1. The van der Waals surface area contributed by atoms with Crippen LogP contribution in [0.3, 0.4) is 0 Å². The number of pyridine rings is 1. The number of aromatic nitrogens is 3. The molecule has 0 spiro atoms. The second-order valence-corrected chi connectivity index (χ2v) is 9.33. The minimum atomic E-state index is 0.0634. The van der Waals surface area contributed by atoms with Gasteiger partial charge in [-0.05, 0) is 43.3 Å². The zero-order valence-corrected chi connectivity index (χ0v) is 19.7. The highest BCUT2D eigenvalue weighted by Gasteiger charge is 2.23. The fourth-order valence-corrected chi connectivity index (χ4v) is 4.59. The summed E-state index contributed by atoms with van der Waals surface area (Å²) >= 11 is 1.58. The summed E-state index contributed by atoms with van der Waals surface area (Å²) in [5.41, 5.74) is 2.85. The molecule has 0 N–H and O–H groups in total. The quantitative estimate of drug-likeness (QED) is 0.408. The number of amides is 1. The smallest absolute Gasteiger partial charge is 0.253 e. The van der Waals surface area contributed by atoms with Gasteiger partial charge in [0.05, 0.1) is 6.54 Å². The summed E-state index contributed by atoms with van der Waals surface area (Å²) in [7, 11) is 0. The van der Waals surface area contributed by atoms with Gasteiger partial charge in [-0.15, -0.1) is 0 Å². The molecular formula is C26H25N5O2S. The van der Waals surface area contributed by atoms with Crippen LogP contribution in [0.2, 0.25) is 0 Å². The minimum Gasteiger partial charge on any atom is -0.338 e. The Balaban J connectivity index is 1.13. The van der Waals surface area contributed by atoms with Crippen LogP contribution in [0.15, 0.2) is 87.4 Å². The van der Waals surface area contributed by atoms with E-state index in [0.29, 0.717) is 36.9 Å². The first-order chi connectivity index (χ1) is 16.6. The highest BCUT2D eigenvalue weighted by Crippen LogP contribution is 2.26. The van der Waals surface area contributed by atoms with Crippen LogP contribution in [0, 0.1) is 6.92 Å². The lowest BCUT2D eigenvalue weighted by molar-refractivity contribution is 0.0615. The van der Waals surface area contributed by atoms with Gasteiger partial charge in [0.15, 0.2) is 0 Å². The molecule has 4 aromatic rings. The van der Waals surface area contributed by atoms with Crippen LogP contribution in [-0.4, -0.2) is 57.0 Å². The van der Waals surface area contributed by atoms with Crippen LogP contribution in [0.25, 0.3) is 11.4 Å². The average Bonchev–Trinajstić information content (AvgIpc) is 3.34. The van der Waals surface area contributed by atoms with Crippen LogP contribution in [-0.2, 0) is 6.54 Å². The summed E-state index contributed by atoms with van der Waals surface area (Å²) in [6.45, 7) is 5.50. The third-order valence-electron chi connectivity index (χ3n) is 5.76. The van der Waals surface area contributed by atoms with Crippen molar-refractivity contribution in [2.24, 2.45) is 0 Å². The third kappa shape index (κ3) is 5.35. The first kappa shape index (κ1) is 22.3. The van der Waals surface area contributed by atoms with Gasteiger partial charge < -0.3 is 9.42 Å². The van der Waals surface area contributed by atoms with E-state index in [2.05, 4.69) is 20.0 Å². The van der Waals surface area contributed by atoms with E-state index in [-0.39, 0.29) is 5.91 Å². The molecule has 0 atom stereocenters. The normalized spacial score (nSPS) is 14.3. The molecule has 0 aliphatic carbocycles. The van der Waals surface area contributed by atoms with Gasteiger partial charge in [0.1, 0.15) is 5.03 Å². The molecule has 1 saturated heterocycles. The van der Waals surface area contributed by atoms with Crippen molar-refractivity contribution in [2.45, 2.75) is 23.4 Å². The topological polar surface area (TPSA) is 75.4 Å². The maximum atomic E-state index is 13.0. The molecule has 7 nitrogen and oxygen atoms in total. The standard InChI is InChI=1S/C26H25N5O2S/c1-19-5-7-20(8-6-19)25-28-23(33-29-25)18-30-14-16-31(17-15-30)26(32)21-9-11-22(12-10-21)34-24-4-2-3-13-27-24/h2-13H,14-18H2,1H3. The number of benzene rings is 2. The second-order valence-electron chi connectivity index (χ2n) is 8.24. The Morgan fingerprint density at radius 1 is 0.971 bits per heavy atom. The van der Waals surface area contributed by atoms with Crippen molar-refractivity contribution in [3.8, 4) is 11.4 Å². The summed E-state index contributed by atoms with van der Waals surface area (Å²) in [4.78, 5) is 27.0. The highest BCUT2D eigenvalue weighted by molar-refractivity contribution is 7.99. The van der Waals surface area contributed by atoms with Crippen molar-refractivity contribution < 1.29 is 9.32 Å². The average molecular weight is 472 g/mol. The molecule has 1 fully saturated rings. The van der Waals surface area contributed by atoms with Crippen LogP contribution < -0.4 is 0 Å². The predicted molar refractivity (Wildman–Crippen MR) is 130 cm³/mol. The molecule has 0 bridgehead atoms. The number of rotatable bonds is 6. The molecule has 0 saturated carbocycles. The van der Waals surface area contributed by atoms with E-state index in [4.69, 9.17) is 4.52 Å². The second kappa shape index (κ2) is 10.2. The number of carbonyl (C=O) groups is 1. The first-order valence-corrected chi connectivity index (χ1v) is 12.1. The zero-order chi connectivity index (χ0) is 23.3. The van der Waals surface area contributed by atoms with E-state index in [9.17, 15) is 4.79 Å². The first-order valence-electron chi connectivity index (χ1n) is 11.2. The SMILES string of the molecule is Cc1ccc(-c2noc(CN3CCN(C(=O)c4ccc(Sc5ccccn5)cc4)CC3)n2)cc1. The van der Waals surface area contributed by atoms with Crippen molar-refractivity contribution in [2.75, 3.05) is 26.2 Å². The van der Waals surface area contributed by atoms with Crippen molar-refractivity contribution in [3.05, 3.63) is 89.9 Å². The Morgan fingerprint density at radius 3 is 2.44 bits per heavy atom. The number of nitrogens with zero attached hydrogens (tertiary/aromatic N) is 5. The van der Waals surface area contributed by atoms with E-state index in [0.717, 1.165) is 28.6 Å². The van der Waals surface area contributed by atoms with E-state index >= 15 is 0 Å². The van der Waals surface area contributed by atoms with Gasteiger partial charge in [-0.3, -0.25) is 9.69 Å². The molecule has 34 heavy (non-hydrogen) atoms. The summed E-state index contributed by atoms with van der Waals surface area (Å²) in [6.07, 6.45) is 1.78. The summed E-state index contributed by atoms with van der Waals surface area (Å²) in [5, 5.41) is 5.05. The molecule has 2 aromatic carbocycles. The largest absolute Gasteiger partial charge is 0.338 e. The molecule has 8 heteroatoms. The Hall–Kier alpha value is -3.49. The van der Waals surface area contributed by atoms with E-state index < -0.39 is 0 Å². The molecule has 3 heterocycles. The van der Waals surface area contributed by atoms with Crippen molar-refractivity contribution in [1.82, 2.24) is 24.9 Å². The van der Waals surface area contributed by atoms with E-state index in [1.54, 1.807) is 18.0 Å². The number of aryl methyl sites for hydroxylation is 1. The molecule has 0 radical (unpaired) electrons. The molecule has 172 valence electrons. The summed E-state index contributed by atoms with van der Waals surface area (Å²) < 4.78 is 5.46. The third-order valence-corrected chi connectivity index (χ3v) is 6.72. The minimum absolute atomic E-state index is 0.0634. The molecule has 1 amide bonds. The van der Waals surface area contributed by atoms with Gasteiger partial charge in [-0.25, -0.2) is 4.98 Å². The summed E-state index contributed by atoms with van der Waals surface area (Å²) in [5.74, 6) is 1.26. The van der Waals surface area contributed by atoms with Crippen LogP contribution in [0.5, 0.6) is 0 Å².